The average molecular weight is 776 g/mol. The minimum Gasteiger partial charge on any atom is -0.748 e. The number of nitrogens with zero attached hydrogens (tertiary/aromatic N) is 2. The maximum absolute atomic E-state index is 12.5. The lowest BCUT2D eigenvalue weighted by molar-refractivity contribution is -0.570. The lowest BCUT2D eigenvalue weighted by atomic mass is 9.68. The summed E-state index contributed by atoms with van der Waals surface area (Å²) in [4.78, 5) is 2.35. The molecule has 6 aliphatic carbocycles. The Balaban J connectivity index is 1.13. The summed E-state index contributed by atoms with van der Waals surface area (Å²) in [6, 6.07) is 0.344. The Kier molecular flexibility index (Phi) is 11.3. The lowest BCUT2D eigenvalue weighted by Crippen LogP contribution is -2.47. The topological polar surface area (TPSA) is 139 Å². The first-order valence-corrected chi connectivity index (χ1v) is 24.5. The molecule has 12 heteroatoms. The first-order valence-electron chi connectivity index (χ1n) is 21.5. The van der Waals surface area contributed by atoms with Crippen LogP contribution in [-0.2, 0) is 29.7 Å². The van der Waals surface area contributed by atoms with E-state index in [0.717, 1.165) is 88.0 Å². The number of ether oxygens (including phenoxy) is 2. The molecule has 53 heavy (non-hydrogen) atoms. The van der Waals surface area contributed by atoms with Crippen LogP contribution in [0.3, 0.4) is 0 Å². The van der Waals surface area contributed by atoms with Crippen molar-refractivity contribution in [2.24, 2.45) is 35.5 Å². The number of fused-ring (bicyclic) bond motifs is 4. The summed E-state index contributed by atoms with van der Waals surface area (Å²) in [6.45, 7) is 3.17. The molecule has 12 atom stereocenters. The number of hydrogen-bond acceptors (Lipinski definition) is 9. The zero-order valence-corrected chi connectivity index (χ0v) is 33.5. The van der Waals surface area contributed by atoms with Crippen LogP contribution in [0.25, 0.3) is 0 Å². The molecule has 0 N–H and O–H groups in total. The molecular weight excluding hydrogens is 713 g/mol. The summed E-state index contributed by atoms with van der Waals surface area (Å²) < 4.78 is 91.0. The van der Waals surface area contributed by atoms with Gasteiger partial charge in [-0.3, -0.25) is 0 Å². The minimum absolute atomic E-state index is 0.0555. The number of allylic oxidation sites excluding steroid dienone is 2. The predicted molar refractivity (Wildman–Crippen MR) is 201 cm³/mol. The van der Waals surface area contributed by atoms with E-state index in [1.165, 1.54) is 51.4 Å². The van der Waals surface area contributed by atoms with E-state index < -0.39 is 30.7 Å². The highest BCUT2D eigenvalue weighted by Crippen LogP contribution is 2.48. The summed E-state index contributed by atoms with van der Waals surface area (Å²) in [7, 11) is -8.81. The van der Waals surface area contributed by atoms with Crippen LogP contribution >= 0.6 is 0 Å². The van der Waals surface area contributed by atoms with E-state index in [1.54, 1.807) is 0 Å². The molecular formula is C41H63N2O8S2-. The van der Waals surface area contributed by atoms with Crippen molar-refractivity contribution < 1.29 is 40.0 Å². The highest BCUT2D eigenvalue weighted by molar-refractivity contribution is 7.86. The fraction of sp³-hybridized carbons (Fsp3) is 0.878. The van der Waals surface area contributed by atoms with Crippen molar-refractivity contribution in [1.29, 1.82) is 0 Å². The highest BCUT2D eigenvalue weighted by atomic mass is 32.2. The van der Waals surface area contributed by atoms with Crippen LogP contribution in [0.5, 0.6) is 0 Å². The van der Waals surface area contributed by atoms with Crippen molar-refractivity contribution in [3.05, 3.63) is 23.6 Å². The minimum atomic E-state index is -4.41. The monoisotopic (exact) mass is 775 g/mol. The van der Waals surface area contributed by atoms with Gasteiger partial charge >= 0.3 is 5.90 Å². The molecule has 0 spiro atoms. The van der Waals surface area contributed by atoms with Gasteiger partial charge in [-0.05, 0) is 93.0 Å². The lowest BCUT2D eigenvalue weighted by Gasteiger charge is -2.43. The Morgan fingerprint density at radius 3 is 1.85 bits per heavy atom. The second-order valence-electron chi connectivity index (χ2n) is 18.3. The van der Waals surface area contributed by atoms with Crippen LogP contribution in [0, 0.1) is 35.5 Å². The molecule has 0 aromatic rings. The van der Waals surface area contributed by atoms with Gasteiger partial charge in [0.25, 0.3) is 0 Å². The maximum atomic E-state index is 12.5. The second kappa shape index (κ2) is 15.7. The number of rotatable bonds is 9. The third-order valence-electron chi connectivity index (χ3n) is 15.4. The molecule has 6 saturated carbocycles. The third kappa shape index (κ3) is 8.13. The first kappa shape index (κ1) is 38.3. The van der Waals surface area contributed by atoms with Crippen LogP contribution in [0.1, 0.15) is 142 Å². The molecule has 0 aromatic heterocycles. The molecule has 2 heterocycles. The van der Waals surface area contributed by atoms with Crippen LogP contribution in [0.15, 0.2) is 23.6 Å². The highest BCUT2D eigenvalue weighted by Gasteiger charge is 2.52. The molecule has 0 amide bonds. The fourth-order valence-corrected chi connectivity index (χ4v) is 14.9. The predicted octanol–water partition coefficient (Wildman–Crippen LogP) is 6.82. The average Bonchev–Trinajstić information content (AvgIpc) is 3.63. The molecule has 8 aliphatic rings. The molecule has 0 bridgehead atoms. The molecule has 0 radical (unpaired) electrons. The van der Waals surface area contributed by atoms with E-state index in [2.05, 4.69) is 28.6 Å². The van der Waals surface area contributed by atoms with E-state index in [-0.39, 0.29) is 36.1 Å². The van der Waals surface area contributed by atoms with E-state index in [0.29, 0.717) is 49.6 Å². The van der Waals surface area contributed by atoms with Crippen molar-refractivity contribution in [1.82, 2.24) is 4.90 Å². The van der Waals surface area contributed by atoms with Crippen molar-refractivity contribution in [3.8, 4) is 0 Å². The largest absolute Gasteiger partial charge is 0.748 e. The molecule has 0 aromatic carbocycles. The van der Waals surface area contributed by atoms with E-state index in [9.17, 15) is 25.9 Å². The van der Waals surface area contributed by atoms with Gasteiger partial charge in [-0.15, -0.1) is 0 Å². The van der Waals surface area contributed by atoms with E-state index in [4.69, 9.17) is 9.47 Å². The Hall–Kier alpha value is -1.63. The molecule has 8 rings (SSSR count). The van der Waals surface area contributed by atoms with Gasteiger partial charge in [0.1, 0.15) is 6.10 Å². The van der Waals surface area contributed by atoms with Gasteiger partial charge < -0.3 is 23.5 Å². The van der Waals surface area contributed by atoms with Crippen LogP contribution < -0.4 is 0 Å². The summed E-state index contributed by atoms with van der Waals surface area (Å²) >= 11 is 0. The van der Waals surface area contributed by atoms with Gasteiger partial charge in [-0.1, -0.05) is 77.6 Å². The fourth-order valence-electron chi connectivity index (χ4n) is 12.6. The number of hydrogen-bond donors (Lipinski definition) is 0. The van der Waals surface area contributed by atoms with Crippen LogP contribution in [-0.4, -0.2) is 89.2 Å². The summed E-state index contributed by atoms with van der Waals surface area (Å²) in [5.74, 6) is 3.80. The van der Waals surface area contributed by atoms with Crippen molar-refractivity contribution in [3.63, 3.8) is 0 Å². The van der Waals surface area contributed by atoms with Gasteiger partial charge in [0, 0.05) is 25.0 Å². The second-order valence-corrected chi connectivity index (χ2v) is 21.5. The van der Waals surface area contributed by atoms with Gasteiger partial charge in [-0.2, -0.15) is 4.58 Å². The summed E-state index contributed by atoms with van der Waals surface area (Å²) in [5.41, 5.74) is 1.05. The first-order chi connectivity index (χ1) is 25.5. The summed E-state index contributed by atoms with van der Waals surface area (Å²) in [6.07, 6.45) is 25.1. The van der Waals surface area contributed by atoms with Crippen molar-refractivity contribution in [2.45, 2.75) is 177 Å². The van der Waals surface area contributed by atoms with Crippen LogP contribution in [0.4, 0.5) is 0 Å². The molecule has 10 nitrogen and oxygen atoms in total. The zero-order valence-electron chi connectivity index (χ0n) is 31.8. The molecule has 298 valence electrons. The maximum Gasteiger partial charge on any atom is 0.363 e. The standard InChI is InChI=1S/C41H64N2O8S2/c1-2-27(19-40-42(25-32-15-7-9-17-38(32)52(44,45)46)34-21-28-11-3-5-13-30(28)23-36(34)50-40)20-41-43(26-33-16-8-10-18-39(33)53(47,48)49)35-22-29-12-4-6-14-31(29)24-37(35)51-41/h19-20,28-39H,2-18,21-26H2,1H3,(H-,44,45,46,47,48,49)/p-1. The SMILES string of the molecule is CCC(=C/C1=[N+](CC2CCCCC2S(=O)(=O)[O-])C2CC3CCCCC3CC2O1)/C=C1/OC2CC3CCCCC3CC2N1CC1CCCCC1S(=O)(=O)[O-]. The van der Waals surface area contributed by atoms with Crippen molar-refractivity contribution in [2.75, 3.05) is 13.1 Å². The van der Waals surface area contributed by atoms with Gasteiger partial charge in [0.15, 0.2) is 24.6 Å². The zero-order chi connectivity index (χ0) is 36.9. The quantitative estimate of drug-likeness (QED) is 0.182. The normalized spacial score (nSPS) is 41.6. The van der Waals surface area contributed by atoms with Gasteiger partial charge in [0.05, 0.1) is 42.9 Å². The Morgan fingerprint density at radius 2 is 1.23 bits per heavy atom. The van der Waals surface area contributed by atoms with Gasteiger partial charge in [0.2, 0.25) is 0 Å². The van der Waals surface area contributed by atoms with E-state index in [1.807, 2.05) is 0 Å². The van der Waals surface area contributed by atoms with Crippen LogP contribution in [0.2, 0.25) is 0 Å². The Bertz CT molecular complexity index is 1660. The smallest absolute Gasteiger partial charge is 0.363 e. The van der Waals surface area contributed by atoms with Gasteiger partial charge in [-0.25, -0.2) is 16.8 Å². The third-order valence-corrected chi connectivity index (χ3v) is 18.1. The van der Waals surface area contributed by atoms with E-state index >= 15 is 0 Å². The Morgan fingerprint density at radius 1 is 0.698 bits per heavy atom. The summed E-state index contributed by atoms with van der Waals surface area (Å²) in [5, 5.41) is -1.71. The molecule has 12 unspecified atom stereocenters. The van der Waals surface area contributed by atoms with Crippen molar-refractivity contribution >= 4 is 26.1 Å². The Labute approximate surface area is 318 Å². The molecule has 2 aliphatic heterocycles. The molecule has 7 fully saturated rings. The molecule has 1 saturated heterocycles.